The fourth-order valence-electron chi connectivity index (χ4n) is 4.96. The van der Waals surface area contributed by atoms with Crippen molar-refractivity contribution in [2.75, 3.05) is 12.4 Å². The first-order valence-electron chi connectivity index (χ1n) is 12.5. The number of carbonyl (C=O) groups excluding carboxylic acids is 1. The summed E-state index contributed by atoms with van der Waals surface area (Å²) in [4.78, 5) is 18.1. The smallest absolute Gasteiger partial charge is 0.256 e. The Kier molecular flexibility index (Phi) is 6.91. The maximum atomic E-state index is 13.1. The Morgan fingerprint density at radius 1 is 1.05 bits per heavy atom. The zero-order chi connectivity index (χ0) is 26.3. The molecule has 1 N–H and O–H groups in total. The van der Waals surface area contributed by atoms with E-state index < -0.39 is 10.0 Å². The normalized spacial score (nSPS) is 14.9. The lowest BCUT2D eigenvalue weighted by atomic mass is 9.96. The maximum Gasteiger partial charge on any atom is 0.256 e. The SMILES string of the molecule is Cc1cc(C)c2nc(-n3nc(C)cc3NC(=O)c3ccc(S(=O)(=O)N(C)C4CCCCC4)cc3)sc2c1. The van der Waals surface area contributed by atoms with Gasteiger partial charge >= 0.3 is 0 Å². The van der Waals surface area contributed by atoms with Crippen LogP contribution in [0.15, 0.2) is 47.4 Å². The highest BCUT2D eigenvalue weighted by molar-refractivity contribution is 7.89. The van der Waals surface area contributed by atoms with Crippen LogP contribution in [0.25, 0.3) is 15.3 Å². The molecule has 2 aromatic heterocycles. The number of fused-ring (bicyclic) bond motifs is 1. The van der Waals surface area contributed by atoms with Crippen LogP contribution < -0.4 is 5.32 Å². The van der Waals surface area contributed by atoms with E-state index in [0.717, 1.165) is 53.6 Å². The Bertz CT molecular complexity index is 1570. The van der Waals surface area contributed by atoms with E-state index in [1.54, 1.807) is 29.9 Å². The van der Waals surface area contributed by atoms with Crippen molar-refractivity contribution < 1.29 is 13.2 Å². The van der Waals surface area contributed by atoms with Gasteiger partial charge in [-0.25, -0.2) is 13.4 Å². The Hall–Kier alpha value is -3.08. The number of anilines is 1. The molecule has 0 saturated heterocycles. The third-order valence-corrected chi connectivity index (χ3v) is 9.86. The van der Waals surface area contributed by atoms with Gasteiger partial charge in [0, 0.05) is 24.7 Å². The van der Waals surface area contributed by atoms with E-state index in [9.17, 15) is 13.2 Å². The van der Waals surface area contributed by atoms with Crippen molar-refractivity contribution in [3.63, 3.8) is 0 Å². The van der Waals surface area contributed by atoms with Crippen LogP contribution in [-0.4, -0.2) is 46.5 Å². The lowest BCUT2D eigenvalue weighted by Gasteiger charge is -2.30. The first-order chi connectivity index (χ1) is 17.6. The largest absolute Gasteiger partial charge is 0.306 e. The number of hydrogen-bond acceptors (Lipinski definition) is 6. The molecule has 2 aromatic carbocycles. The number of hydrogen-bond donors (Lipinski definition) is 1. The van der Waals surface area contributed by atoms with Crippen LogP contribution in [0.3, 0.4) is 0 Å². The molecule has 0 spiro atoms. The van der Waals surface area contributed by atoms with E-state index in [1.807, 2.05) is 13.8 Å². The molecule has 1 aliphatic carbocycles. The molecule has 1 fully saturated rings. The molecule has 0 unspecified atom stereocenters. The van der Waals surface area contributed by atoms with Gasteiger partial charge in [0.1, 0.15) is 5.82 Å². The van der Waals surface area contributed by atoms with Crippen molar-refractivity contribution in [3.8, 4) is 5.13 Å². The van der Waals surface area contributed by atoms with Crippen molar-refractivity contribution in [1.82, 2.24) is 19.1 Å². The highest BCUT2D eigenvalue weighted by Crippen LogP contribution is 2.31. The molecule has 4 aromatic rings. The van der Waals surface area contributed by atoms with Crippen LogP contribution in [0.2, 0.25) is 0 Å². The molecule has 10 heteroatoms. The molecule has 1 amide bonds. The second kappa shape index (κ2) is 10.00. The van der Waals surface area contributed by atoms with Gasteiger partial charge in [0.2, 0.25) is 15.2 Å². The number of amides is 1. The first kappa shape index (κ1) is 25.6. The molecule has 0 bridgehead atoms. The second-order valence-electron chi connectivity index (χ2n) is 9.80. The number of aryl methyl sites for hydroxylation is 3. The predicted octanol–water partition coefficient (Wildman–Crippen LogP) is 5.61. The maximum absolute atomic E-state index is 13.1. The molecule has 1 saturated carbocycles. The number of sulfonamides is 1. The second-order valence-corrected chi connectivity index (χ2v) is 12.8. The number of thiazole rings is 1. The molecule has 0 radical (unpaired) electrons. The van der Waals surface area contributed by atoms with Gasteiger partial charge in [-0.1, -0.05) is 36.7 Å². The fourth-order valence-corrected chi connectivity index (χ4v) is 7.48. The Labute approximate surface area is 221 Å². The van der Waals surface area contributed by atoms with E-state index in [1.165, 1.54) is 33.3 Å². The Morgan fingerprint density at radius 3 is 2.46 bits per heavy atom. The summed E-state index contributed by atoms with van der Waals surface area (Å²) < 4.78 is 30.5. The van der Waals surface area contributed by atoms with Crippen molar-refractivity contribution in [2.24, 2.45) is 0 Å². The van der Waals surface area contributed by atoms with Gasteiger partial charge in [-0.05, 0) is 75.1 Å². The van der Waals surface area contributed by atoms with E-state index in [4.69, 9.17) is 4.98 Å². The fraction of sp³-hybridized carbons (Fsp3) is 0.370. The van der Waals surface area contributed by atoms with Crippen LogP contribution in [0.5, 0.6) is 0 Å². The number of benzene rings is 2. The van der Waals surface area contributed by atoms with Crippen molar-refractivity contribution in [1.29, 1.82) is 0 Å². The zero-order valence-electron chi connectivity index (χ0n) is 21.5. The van der Waals surface area contributed by atoms with E-state index in [0.29, 0.717) is 16.5 Å². The standard InChI is InChI=1S/C27H31N5O3S2/c1-17-14-18(2)25-23(15-17)36-27(29-25)32-24(16-19(3)30-32)28-26(33)20-10-12-22(13-11-20)37(34,35)31(4)21-8-6-5-7-9-21/h10-16,21H,5-9H2,1-4H3,(H,28,33). The molecular weight excluding hydrogens is 506 g/mol. The average Bonchev–Trinajstić information content (AvgIpc) is 3.47. The van der Waals surface area contributed by atoms with Gasteiger partial charge < -0.3 is 5.32 Å². The summed E-state index contributed by atoms with van der Waals surface area (Å²) in [6.07, 6.45) is 5.03. The first-order valence-corrected chi connectivity index (χ1v) is 14.7. The molecule has 0 atom stereocenters. The minimum atomic E-state index is -3.62. The third kappa shape index (κ3) is 5.05. The van der Waals surface area contributed by atoms with Crippen LogP contribution in [0.4, 0.5) is 5.82 Å². The zero-order valence-corrected chi connectivity index (χ0v) is 23.1. The molecular formula is C27H31N5O3S2. The summed E-state index contributed by atoms with van der Waals surface area (Å²) >= 11 is 1.51. The summed E-state index contributed by atoms with van der Waals surface area (Å²) in [5, 5.41) is 8.13. The van der Waals surface area contributed by atoms with Crippen molar-refractivity contribution in [3.05, 3.63) is 64.8 Å². The lowest BCUT2D eigenvalue weighted by molar-refractivity contribution is 0.102. The summed E-state index contributed by atoms with van der Waals surface area (Å²) in [7, 11) is -1.97. The minimum Gasteiger partial charge on any atom is -0.306 e. The number of nitrogens with one attached hydrogen (secondary N) is 1. The molecule has 194 valence electrons. The summed E-state index contributed by atoms with van der Waals surface area (Å²) in [5.41, 5.74) is 4.29. The highest BCUT2D eigenvalue weighted by Gasteiger charge is 2.29. The van der Waals surface area contributed by atoms with Crippen molar-refractivity contribution in [2.45, 2.75) is 63.8 Å². The topological polar surface area (TPSA) is 97.2 Å². The molecule has 1 aliphatic rings. The Balaban J connectivity index is 1.36. The van der Waals surface area contributed by atoms with Gasteiger partial charge in [0.05, 0.1) is 20.8 Å². The van der Waals surface area contributed by atoms with Crippen LogP contribution >= 0.6 is 11.3 Å². The Morgan fingerprint density at radius 2 is 1.76 bits per heavy atom. The molecule has 0 aliphatic heterocycles. The number of nitrogens with zero attached hydrogens (tertiary/aromatic N) is 4. The number of rotatable bonds is 6. The van der Waals surface area contributed by atoms with E-state index >= 15 is 0 Å². The lowest BCUT2D eigenvalue weighted by Crippen LogP contribution is -2.38. The van der Waals surface area contributed by atoms with Crippen LogP contribution in [0.1, 0.15) is 59.3 Å². The summed E-state index contributed by atoms with van der Waals surface area (Å²) in [6, 6.07) is 12.1. The highest BCUT2D eigenvalue weighted by atomic mass is 32.2. The van der Waals surface area contributed by atoms with Gasteiger partial charge in [-0.2, -0.15) is 14.1 Å². The predicted molar refractivity (Wildman–Crippen MR) is 147 cm³/mol. The number of carbonyl (C=O) groups is 1. The van der Waals surface area contributed by atoms with E-state index in [-0.39, 0.29) is 16.8 Å². The summed E-state index contributed by atoms with van der Waals surface area (Å²) in [6.45, 7) is 5.95. The van der Waals surface area contributed by atoms with E-state index in [2.05, 4.69) is 29.5 Å². The molecule has 8 nitrogen and oxygen atoms in total. The third-order valence-electron chi connectivity index (χ3n) is 6.96. The van der Waals surface area contributed by atoms with Gasteiger partial charge in [0.15, 0.2) is 0 Å². The summed E-state index contributed by atoms with van der Waals surface area (Å²) in [5.74, 6) is 0.156. The molecule has 5 rings (SSSR count). The molecule has 37 heavy (non-hydrogen) atoms. The van der Waals surface area contributed by atoms with Gasteiger partial charge in [0.25, 0.3) is 5.91 Å². The average molecular weight is 538 g/mol. The number of aromatic nitrogens is 3. The minimum absolute atomic E-state index is 0.0282. The molecule has 2 heterocycles. The van der Waals surface area contributed by atoms with Crippen LogP contribution in [0, 0.1) is 20.8 Å². The van der Waals surface area contributed by atoms with Gasteiger partial charge in [-0.15, -0.1) is 0 Å². The van der Waals surface area contributed by atoms with Crippen LogP contribution in [-0.2, 0) is 10.0 Å². The van der Waals surface area contributed by atoms with Crippen molar-refractivity contribution >= 4 is 43.3 Å². The quantitative estimate of drug-likeness (QED) is 0.345. The monoisotopic (exact) mass is 537 g/mol. The van der Waals surface area contributed by atoms with Gasteiger partial charge in [-0.3, -0.25) is 4.79 Å².